The summed E-state index contributed by atoms with van der Waals surface area (Å²) in [6.45, 7) is 12.4. The molecule has 8 nitrogen and oxygen atoms in total. The van der Waals surface area contributed by atoms with Gasteiger partial charge in [0.2, 0.25) is 5.75 Å². The minimum Gasteiger partial charge on any atom is -0.493 e. The zero-order valence-electron chi connectivity index (χ0n) is 20.4. The number of aliphatic imine (C=N–C) groups is 1. The number of ether oxygens (including phenoxy) is 4. The summed E-state index contributed by atoms with van der Waals surface area (Å²) in [5.74, 6) is 3.29. The number of nitrogens with zero attached hydrogens (tertiary/aromatic N) is 2. The lowest BCUT2D eigenvalue weighted by Crippen LogP contribution is -2.51. The molecule has 0 spiro atoms. The van der Waals surface area contributed by atoms with E-state index in [1.807, 2.05) is 12.1 Å². The number of nitrogens with one attached hydrogen (secondary N) is 2. The number of morpholine rings is 1. The van der Waals surface area contributed by atoms with Crippen LogP contribution in [-0.2, 0) is 11.3 Å². The zero-order chi connectivity index (χ0) is 22.6. The summed E-state index contributed by atoms with van der Waals surface area (Å²) in [6, 6.07) is 4.32. The highest BCUT2D eigenvalue weighted by Gasteiger charge is 2.22. The van der Waals surface area contributed by atoms with Crippen molar-refractivity contribution in [1.82, 2.24) is 15.5 Å². The molecule has 1 saturated heterocycles. The van der Waals surface area contributed by atoms with E-state index in [-0.39, 0.29) is 24.0 Å². The maximum atomic E-state index is 5.53. The smallest absolute Gasteiger partial charge is 0.203 e. The second-order valence-electron chi connectivity index (χ2n) is 8.04. The van der Waals surface area contributed by atoms with Crippen molar-refractivity contribution in [2.75, 3.05) is 60.7 Å². The highest BCUT2D eigenvalue weighted by Crippen LogP contribution is 2.38. The molecule has 0 radical (unpaired) electrons. The minimum atomic E-state index is 0. The SMILES string of the molecule is CCNC(=NCc1cc(OC)c(OC)c(OC)c1)NCC(CC(C)C)N1CCOCC1.I. The summed E-state index contributed by atoms with van der Waals surface area (Å²) in [6.07, 6.45) is 1.14. The topological polar surface area (TPSA) is 76.6 Å². The molecule has 1 heterocycles. The van der Waals surface area contributed by atoms with Gasteiger partial charge in [0, 0.05) is 32.2 Å². The van der Waals surface area contributed by atoms with Crippen LogP contribution < -0.4 is 24.8 Å². The standard InChI is InChI=1S/C23H40N4O4.HI/c1-7-24-23(26-16-19(12-17(2)3)27-8-10-31-11-9-27)25-15-18-13-20(28-4)22(30-6)21(14-18)29-5;/h13-14,17,19H,7-12,15-16H2,1-6H3,(H2,24,25,26);1H. The number of benzene rings is 1. The molecule has 9 heteroatoms. The van der Waals surface area contributed by atoms with Crippen LogP contribution in [0, 0.1) is 5.92 Å². The van der Waals surface area contributed by atoms with E-state index in [0.717, 1.165) is 57.3 Å². The van der Waals surface area contributed by atoms with E-state index in [9.17, 15) is 0 Å². The Morgan fingerprint density at radius 1 is 1.06 bits per heavy atom. The molecule has 184 valence electrons. The lowest BCUT2D eigenvalue weighted by molar-refractivity contribution is 0.0132. The molecule has 1 aromatic rings. The number of hydrogen-bond acceptors (Lipinski definition) is 6. The monoisotopic (exact) mass is 564 g/mol. The highest BCUT2D eigenvalue weighted by molar-refractivity contribution is 14.0. The second kappa shape index (κ2) is 15.4. The number of halogens is 1. The van der Waals surface area contributed by atoms with Gasteiger partial charge in [-0.15, -0.1) is 24.0 Å². The molecule has 0 saturated carbocycles. The summed E-state index contributed by atoms with van der Waals surface area (Å²) in [5.41, 5.74) is 0.985. The summed E-state index contributed by atoms with van der Waals surface area (Å²) in [4.78, 5) is 7.31. The van der Waals surface area contributed by atoms with Crippen LogP contribution >= 0.6 is 24.0 Å². The third-order valence-electron chi connectivity index (χ3n) is 5.30. The van der Waals surface area contributed by atoms with E-state index in [4.69, 9.17) is 23.9 Å². The molecule has 1 atom stereocenters. The Labute approximate surface area is 210 Å². The molecule has 32 heavy (non-hydrogen) atoms. The van der Waals surface area contributed by atoms with E-state index >= 15 is 0 Å². The lowest BCUT2D eigenvalue weighted by atomic mass is 10.0. The third kappa shape index (κ3) is 8.82. The Hall–Kier alpha value is -1.46. The van der Waals surface area contributed by atoms with Gasteiger partial charge in [0.15, 0.2) is 17.5 Å². The van der Waals surface area contributed by atoms with Crippen LogP contribution in [0.1, 0.15) is 32.8 Å². The van der Waals surface area contributed by atoms with E-state index in [1.54, 1.807) is 21.3 Å². The van der Waals surface area contributed by atoms with Crippen molar-refractivity contribution in [3.63, 3.8) is 0 Å². The van der Waals surface area contributed by atoms with Crippen LogP contribution in [-0.4, -0.2) is 77.6 Å². The molecule has 2 rings (SSSR count). The van der Waals surface area contributed by atoms with Crippen LogP contribution in [0.3, 0.4) is 0 Å². The molecule has 1 fully saturated rings. The first-order valence-electron chi connectivity index (χ1n) is 11.1. The molecule has 1 unspecified atom stereocenters. The summed E-state index contributed by atoms with van der Waals surface area (Å²) in [7, 11) is 4.85. The van der Waals surface area contributed by atoms with Gasteiger partial charge in [0.25, 0.3) is 0 Å². The molecular formula is C23H41IN4O4. The van der Waals surface area contributed by atoms with Crippen molar-refractivity contribution in [3.05, 3.63) is 17.7 Å². The predicted molar refractivity (Wildman–Crippen MR) is 140 cm³/mol. The number of methoxy groups -OCH3 is 3. The molecule has 1 aliphatic rings. The van der Waals surface area contributed by atoms with Gasteiger partial charge in [-0.25, -0.2) is 4.99 Å². The maximum Gasteiger partial charge on any atom is 0.203 e. The highest BCUT2D eigenvalue weighted by atomic mass is 127. The fourth-order valence-electron chi connectivity index (χ4n) is 3.80. The molecule has 2 N–H and O–H groups in total. The Bertz CT molecular complexity index is 672. The van der Waals surface area contributed by atoms with Gasteiger partial charge in [-0.2, -0.15) is 0 Å². The van der Waals surface area contributed by atoms with Crippen LogP contribution in [0.2, 0.25) is 0 Å². The van der Waals surface area contributed by atoms with Crippen LogP contribution in [0.4, 0.5) is 0 Å². The van der Waals surface area contributed by atoms with Gasteiger partial charge in [-0.3, -0.25) is 4.90 Å². The van der Waals surface area contributed by atoms with Gasteiger partial charge < -0.3 is 29.6 Å². The number of hydrogen-bond donors (Lipinski definition) is 2. The fraction of sp³-hybridized carbons (Fsp3) is 0.696. The second-order valence-corrected chi connectivity index (χ2v) is 8.04. The fourth-order valence-corrected chi connectivity index (χ4v) is 3.80. The van der Waals surface area contributed by atoms with Gasteiger partial charge in [-0.1, -0.05) is 13.8 Å². The molecule has 0 aromatic heterocycles. The number of guanidine groups is 1. The molecule has 0 amide bonds. The van der Waals surface area contributed by atoms with Gasteiger partial charge in [-0.05, 0) is 37.0 Å². The van der Waals surface area contributed by atoms with Crippen molar-refractivity contribution in [2.45, 2.75) is 39.8 Å². The largest absolute Gasteiger partial charge is 0.493 e. The predicted octanol–water partition coefficient (Wildman–Crippen LogP) is 3.13. The van der Waals surface area contributed by atoms with Crippen molar-refractivity contribution in [3.8, 4) is 17.2 Å². The lowest BCUT2D eigenvalue weighted by Gasteiger charge is -2.35. The Kier molecular flexibility index (Phi) is 13.7. The summed E-state index contributed by atoms with van der Waals surface area (Å²) >= 11 is 0. The van der Waals surface area contributed by atoms with Crippen molar-refractivity contribution >= 4 is 29.9 Å². The quantitative estimate of drug-likeness (QED) is 0.243. The number of rotatable bonds is 11. The van der Waals surface area contributed by atoms with Crippen molar-refractivity contribution < 1.29 is 18.9 Å². The molecular weight excluding hydrogens is 523 g/mol. The maximum absolute atomic E-state index is 5.53. The normalized spacial score (nSPS) is 15.7. The van der Waals surface area contributed by atoms with E-state index in [0.29, 0.717) is 35.8 Å². The minimum absolute atomic E-state index is 0. The first-order valence-corrected chi connectivity index (χ1v) is 11.1. The average Bonchev–Trinajstić information content (AvgIpc) is 2.79. The van der Waals surface area contributed by atoms with Crippen LogP contribution in [0.25, 0.3) is 0 Å². The summed E-state index contributed by atoms with van der Waals surface area (Å²) < 4.78 is 21.9. The van der Waals surface area contributed by atoms with Gasteiger partial charge in [0.1, 0.15) is 0 Å². The molecule has 0 bridgehead atoms. The van der Waals surface area contributed by atoms with E-state index < -0.39 is 0 Å². The molecule has 1 aromatic carbocycles. The first kappa shape index (κ1) is 28.6. The van der Waals surface area contributed by atoms with Crippen LogP contribution in [0.15, 0.2) is 17.1 Å². The van der Waals surface area contributed by atoms with Gasteiger partial charge >= 0.3 is 0 Å². The van der Waals surface area contributed by atoms with Gasteiger partial charge in [0.05, 0.1) is 41.1 Å². The molecule has 0 aliphatic carbocycles. The first-order chi connectivity index (χ1) is 15.0. The average molecular weight is 565 g/mol. The van der Waals surface area contributed by atoms with Crippen molar-refractivity contribution in [1.29, 1.82) is 0 Å². The van der Waals surface area contributed by atoms with E-state index in [1.165, 1.54) is 0 Å². The van der Waals surface area contributed by atoms with Crippen LogP contribution in [0.5, 0.6) is 17.2 Å². The zero-order valence-corrected chi connectivity index (χ0v) is 22.7. The summed E-state index contributed by atoms with van der Waals surface area (Å²) in [5, 5.41) is 6.90. The third-order valence-corrected chi connectivity index (χ3v) is 5.30. The van der Waals surface area contributed by atoms with E-state index in [2.05, 4.69) is 36.3 Å². The Balaban J connectivity index is 0.00000512. The van der Waals surface area contributed by atoms with Crippen molar-refractivity contribution in [2.24, 2.45) is 10.9 Å². The Morgan fingerprint density at radius 3 is 2.19 bits per heavy atom. The Morgan fingerprint density at radius 2 is 1.69 bits per heavy atom. The molecule has 1 aliphatic heterocycles.